The Balaban J connectivity index is 1.27. The molecule has 1 saturated carbocycles. The highest BCUT2D eigenvalue weighted by Crippen LogP contribution is 2.42. The Labute approximate surface area is 217 Å². The Kier molecular flexibility index (Phi) is 7.55. The molecule has 2 aliphatic carbocycles. The van der Waals surface area contributed by atoms with Crippen molar-refractivity contribution in [1.29, 1.82) is 0 Å². The molecule has 3 aromatic carbocycles. The Hall–Kier alpha value is -3.27. The van der Waals surface area contributed by atoms with Crippen LogP contribution in [0, 0.1) is 35.2 Å². The second-order valence-electron chi connectivity index (χ2n) is 10.5. The molecule has 1 unspecified atom stereocenters. The van der Waals surface area contributed by atoms with E-state index in [-0.39, 0.29) is 11.4 Å². The summed E-state index contributed by atoms with van der Waals surface area (Å²) >= 11 is 0. The van der Waals surface area contributed by atoms with Crippen molar-refractivity contribution in [1.82, 2.24) is 0 Å². The van der Waals surface area contributed by atoms with Crippen LogP contribution in [0.4, 0.5) is 13.2 Å². The predicted octanol–water partition coefficient (Wildman–Crippen LogP) is 9.71. The molecule has 0 amide bonds. The molecule has 1 atom stereocenters. The van der Waals surface area contributed by atoms with E-state index in [1.54, 1.807) is 36.4 Å². The highest BCUT2D eigenvalue weighted by Gasteiger charge is 2.28. The van der Waals surface area contributed by atoms with Crippen molar-refractivity contribution in [2.45, 2.75) is 51.9 Å². The molecule has 5 rings (SSSR count). The third kappa shape index (κ3) is 5.39. The lowest BCUT2D eigenvalue weighted by Crippen LogP contribution is -2.22. The maximum Gasteiger partial charge on any atom is 0.200 e. The number of benzene rings is 3. The molecular weight excluding hydrogens is 469 g/mol. The maximum absolute atomic E-state index is 15.2. The van der Waals surface area contributed by atoms with Gasteiger partial charge in [-0.05, 0) is 110 Å². The smallest absolute Gasteiger partial charge is 0.200 e. The first kappa shape index (κ1) is 25.4. The Morgan fingerprint density at radius 3 is 2.00 bits per heavy atom. The number of aromatic hydroxyl groups is 1. The molecule has 0 bridgehead atoms. The van der Waals surface area contributed by atoms with Gasteiger partial charge in [0, 0.05) is 11.1 Å². The molecule has 37 heavy (non-hydrogen) atoms. The van der Waals surface area contributed by atoms with Gasteiger partial charge in [-0.15, -0.1) is 0 Å². The van der Waals surface area contributed by atoms with Gasteiger partial charge in [0.25, 0.3) is 0 Å². The SMILES string of the molecule is C/C=C/C1CCC(C2CC=C(c3ccc(-c4ccc(-c5ccc(O)c(F)c5F)cc4)c(F)c3)CC2)CC1. The van der Waals surface area contributed by atoms with Gasteiger partial charge in [-0.3, -0.25) is 0 Å². The minimum absolute atomic E-state index is 0.0473. The van der Waals surface area contributed by atoms with Crippen molar-refractivity contribution in [3.8, 4) is 28.0 Å². The van der Waals surface area contributed by atoms with Crippen LogP contribution in [-0.2, 0) is 0 Å². The van der Waals surface area contributed by atoms with Crippen LogP contribution in [-0.4, -0.2) is 5.11 Å². The van der Waals surface area contributed by atoms with Gasteiger partial charge >= 0.3 is 0 Å². The van der Waals surface area contributed by atoms with E-state index in [4.69, 9.17) is 0 Å². The fourth-order valence-electron chi connectivity index (χ4n) is 6.17. The monoisotopic (exact) mass is 502 g/mol. The van der Waals surface area contributed by atoms with Gasteiger partial charge < -0.3 is 5.11 Å². The van der Waals surface area contributed by atoms with Gasteiger partial charge in [-0.1, -0.05) is 54.6 Å². The van der Waals surface area contributed by atoms with Crippen LogP contribution in [0.15, 0.2) is 72.8 Å². The largest absolute Gasteiger partial charge is 0.505 e. The third-order valence-electron chi connectivity index (χ3n) is 8.31. The summed E-state index contributed by atoms with van der Waals surface area (Å²) in [5, 5.41) is 9.35. The summed E-state index contributed by atoms with van der Waals surface area (Å²) in [5.74, 6) is -1.09. The molecular formula is C33H33F3O. The van der Waals surface area contributed by atoms with Crippen molar-refractivity contribution < 1.29 is 18.3 Å². The molecule has 192 valence electrons. The average molecular weight is 503 g/mol. The van der Waals surface area contributed by atoms with Gasteiger partial charge in [0.1, 0.15) is 5.82 Å². The van der Waals surface area contributed by atoms with Crippen LogP contribution >= 0.6 is 0 Å². The Morgan fingerprint density at radius 1 is 0.730 bits per heavy atom. The van der Waals surface area contributed by atoms with Crippen LogP contribution in [0.25, 0.3) is 27.8 Å². The van der Waals surface area contributed by atoms with Crippen LogP contribution in [0.1, 0.15) is 57.4 Å². The highest BCUT2D eigenvalue weighted by molar-refractivity contribution is 5.74. The second-order valence-corrected chi connectivity index (χ2v) is 10.5. The van der Waals surface area contributed by atoms with E-state index < -0.39 is 17.4 Å². The molecule has 1 fully saturated rings. The molecule has 0 aliphatic heterocycles. The van der Waals surface area contributed by atoms with E-state index >= 15 is 4.39 Å². The fraction of sp³-hybridized carbons (Fsp3) is 0.333. The molecule has 1 nitrogen and oxygen atoms in total. The van der Waals surface area contributed by atoms with E-state index in [0.717, 1.165) is 42.2 Å². The van der Waals surface area contributed by atoms with Crippen LogP contribution in [0.2, 0.25) is 0 Å². The summed E-state index contributed by atoms with van der Waals surface area (Å²) in [7, 11) is 0. The normalized spacial score (nSPS) is 22.3. The summed E-state index contributed by atoms with van der Waals surface area (Å²) in [6.07, 6.45) is 15.3. The summed E-state index contributed by atoms with van der Waals surface area (Å²) in [4.78, 5) is 0. The van der Waals surface area contributed by atoms with Gasteiger partial charge in [-0.2, -0.15) is 4.39 Å². The number of hydrogen-bond acceptors (Lipinski definition) is 1. The van der Waals surface area contributed by atoms with Crippen LogP contribution in [0.5, 0.6) is 5.75 Å². The van der Waals surface area contributed by atoms with E-state index in [2.05, 4.69) is 25.2 Å². The van der Waals surface area contributed by atoms with Crippen molar-refractivity contribution >= 4 is 5.57 Å². The first-order valence-electron chi connectivity index (χ1n) is 13.3. The topological polar surface area (TPSA) is 20.2 Å². The van der Waals surface area contributed by atoms with Crippen molar-refractivity contribution in [2.75, 3.05) is 0 Å². The van der Waals surface area contributed by atoms with Crippen LogP contribution < -0.4 is 0 Å². The summed E-state index contributed by atoms with van der Waals surface area (Å²) < 4.78 is 43.1. The first-order valence-corrected chi connectivity index (χ1v) is 13.3. The van der Waals surface area contributed by atoms with E-state index in [0.29, 0.717) is 16.7 Å². The summed E-state index contributed by atoms with van der Waals surface area (Å²) in [6.45, 7) is 2.11. The van der Waals surface area contributed by atoms with Gasteiger partial charge in [-0.25, -0.2) is 8.78 Å². The number of hydrogen-bond donors (Lipinski definition) is 1. The van der Waals surface area contributed by atoms with E-state index in [1.165, 1.54) is 43.7 Å². The number of phenols is 1. The maximum atomic E-state index is 15.2. The number of phenolic OH excluding ortho intramolecular Hbond substituents is 1. The average Bonchev–Trinajstić information content (AvgIpc) is 2.93. The second kappa shape index (κ2) is 11.0. The lowest BCUT2D eigenvalue weighted by molar-refractivity contribution is 0.212. The van der Waals surface area contributed by atoms with Gasteiger partial charge in [0.15, 0.2) is 11.6 Å². The molecule has 4 heteroatoms. The quantitative estimate of drug-likeness (QED) is 0.344. The molecule has 1 N–H and O–H groups in total. The number of halogens is 3. The zero-order chi connectivity index (χ0) is 25.9. The molecule has 0 saturated heterocycles. The molecule has 0 radical (unpaired) electrons. The standard InChI is InChI=1S/C33H33F3O/c1-2-3-21-4-6-22(7-5-21)23-8-10-24(11-9-23)27-16-17-28(30(34)20-27)25-12-14-26(15-13-25)29-18-19-31(37)33(36)32(29)35/h2-3,10,12-23,37H,4-9,11H2,1H3/b3-2+. The van der Waals surface area contributed by atoms with E-state index in [1.807, 2.05) is 6.07 Å². The zero-order valence-electron chi connectivity index (χ0n) is 21.2. The molecule has 0 aromatic heterocycles. The molecule has 2 aliphatic rings. The number of rotatable bonds is 5. The summed E-state index contributed by atoms with van der Waals surface area (Å²) in [6, 6.07) is 14.5. The van der Waals surface area contributed by atoms with Gasteiger partial charge in [0.05, 0.1) is 0 Å². The van der Waals surface area contributed by atoms with E-state index in [9.17, 15) is 13.9 Å². The van der Waals surface area contributed by atoms with Crippen molar-refractivity contribution in [2.24, 2.45) is 17.8 Å². The van der Waals surface area contributed by atoms with Crippen LogP contribution in [0.3, 0.4) is 0 Å². The minimum atomic E-state index is -1.27. The Bertz CT molecular complexity index is 1310. The Morgan fingerprint density at radius 2 is 1.38 bits per heavy atom. The van der Waals surface area contributed by atoms with Crippen molar-refractivity contribution in [3.63, 3.8) is 0 Å². The molecule has 0 heterocycles. The molecule has 3 aromatic rings. The van der Waals surface area contributed by atoms with Gasteiger partial charge in [0.2, 0.25) is 5.82 Å². The number of allylic oxidation sites excluding steroid dienone is 4. The predicted molar refractivity (Wildman–Crippen MR) is 144 cm³/mol. The lowest BCUT2D eigenvalue weighted by atomic mass is 9.71. The minimum Gasteiger partial charge on any atom is -0.505 e. The molecule has 0 spiro atoms. The van der Waals surface area contributed by atoms with Crippen molar-refractivity contribution in [3.05, 3.63) is 95.8 Å². The third-order valence-corrected chi connectivity index (χ3v) is 8.31. The fourth-order valence-corrected chi connectivity index (χ4v) is 6.17. The lowest BCUT2D eigenvalue weighted by Gasteiger charge is -2.34. The summed E-state index contributed by atoms with van der Waals surface area (Å²) in [5.41, 5.74) is 3.80. The zero-order valence-corrected chi connectivity index (χ0v) is 21.2. The first-order chi connectivity index (χ1) is 17.9. The highest BCUT2D eigenvalue weighted by atomic mass is 19.2.